The third-order valence-electron chi connectivity index (χ3n) is 6.87. The highest BCUT2D eigenvalue weighted by Gasteiger charge is 2.27. The molecule has 1 amide bonds. The van der Waals surface area contributed by atoms with Crippen LogP contribution in [0.1, 0.15) is 42.9 Å². The van der Waals surface area contributed by atoms with Gasteiger partial charge in [-0.3, -0.25) is 10.0 Å². The smallest absolute Gasteiger partial charge is 0.241 e. The Labute approximate surface area is 230 Å². The number of carbonyl (C=O) groups is 1. The SMILES string of the molecule is NNC=Nc1ccc(Cl)cc1-c1ccc(C2CCCCC(=O)Nc3ccc(F)cc3-c3cccc2c3)[n+](O)c1. The lowest BCUT2D eigenvalue weighted by Crippen LogP contribution is -2.37. The molecule has 5 rings (SSSR count). The number of rotatable bonds is 4. The number of nitrogens with one attached hydrogen (secondary N) is 2. The monoisotopic (exact) mass is 544 g/mol. The van der Waals surface area contributed by atoms with Gasteiger partial charge in [0.1, 0.15) is 12.2 Å². The molecule has 5 N–H and O–H groups in total. The Balaban J connectivity index is 1.58. The Morgan fingerprint density at radius 2 is 1.92 bits per heavy atom. The first-order valence-electron chi connectivity index (χ1n) is 12.7. The molecule has 2 heterocycles. The van der Waals surface area contributed by atoms with Crippen LogP contribution in [-0.2, 0) is 4.79 Å². The van der Waals surface area contributed by atoms with Crippen LogP contribution < -0.4 is 21.3 Å². The van der Waals surface area contributed by atoms with Crippen LogP contribution in [0.2, 0.25) is 5.02 Å². The van der Waals surface area contributed by atoms with E-state index in [1.54, 1.807) is 30.5 Å². The summed E-state index contributed by atoms with van der Waals surface area (Å²) in [6.45, 7) is 0. The van der Waals surface area contributed by atoms with E-state index < -0.39 is 0 Å². The van der Waals surface area contributed by atoms with Crippen LogP contribution >= 0.6 is 11.6 Å². The molecule has 39 heavy (non-hydrogen) atoms. The second-order valence-corrected chi connectivity index (χ2v) is 9.87. The van der Waals surface area contributed by atoms with Gasteiger partial charge in [-0.25, -0.2) is 15.2 Å². The summed E-state index contributed by atoms with van der Waals surface area (Å²) in [5.74, 6) is 4.69. The van der Waals surface area contributed by atoms with Crippen molar-refractivity contribution < 1.29 is 19.1 Å². The molecule has 1 aliphatic heterocycles. The minimum Gasteiger partial charge on any atom is -0.326 e. The van der Waals surface area contributed by atoms with E-state index in [1.165, 1.54) is 18.5 Å². The summed E-state index contributed by atoms with van der Waals surface area (Å²) in [6.07, 6.45) is 5.53. The van der Waals surface area contributed by atoms with Crippen molar-refractivity contribution in [1.82, 2.24) is 5.43 Å². The summed E-state index contributed by atoms with van der Waals surface area (Å²) < 4.78 is 15.4. The maximum absolute atomic E-state index is 14.2. The van der Waals surface area contributed by atoms with Gasteiger partial charge in [0, 0.05) is 39.1 Å². The average molecular weight is 545 g/mol. The van der Waals surface area contributed by atoms with Crippen LogP contribution in [-0.4, -0.2) is 17.5 Å². The minimum atomic E-state index is -0.382. The average Bonchev–Trinajstić information content (AvgIpc) is 2.93. The Hall–Kier alpha value is -4.27. The molecule has 1 unspecified atom stereocenters. The van der Waals surface area contributed by atoms with Crippen LogP contribution in [0.3, 0.4) is 0 Å². The van der Waals surface area contributed by atoms with E-state index in [9.17, 15) is 14.4 Å². The molecular weight excluding hydrogens is 517 g/mol. The number of pyridine rings is 1. The molecule has 198 valence electrons. The van der Waals surface area contributed by atoms with Gasteiger partial charge >= 0.3 is 0 Å². The fraction of sp³-hybridized carbons (Fsp3) is 0.167. The van der Waals surface area contributed by atoms with E-state index in [0.717, 1.165) is 33.4 Å². The molecule has 0 fully saturated rings. The standard InChI is InChI=1S/C30H27ClFN5O2/c31-22-9-11-27(34-18-35-33)25(15-22)21-8-13-29(37(39)17-21)24-6-1-2-7-30(38)36-28-12-10-23(32)16-26(28)20-5-3-4-19(24)14-20/h3-5,8-18,24H,1-2,6-7,33H2,(H2-,34,35,36,38,39)/p+1. The van der Waals surface area contributed by atoms with E-state index >= 15 is 0 Å². The number of aliphatic imine (C=N–C) groups is 1. The Morgan fingerprint density at radius 3 is 2.74 bits per heavy atom. The number of hydrogen-bond acceptors (Lipinski definition) is 4. The molecule has 1 atom stereocenters. The molecule has 1 aromatic heterocycles. The molecule has 0 radical (unpaired) electrons. The third-order valence-corrected chi connectivity index (χ3v) is 7.10. The molecule has 0 saturated heterocycles. The first-order chi connectivity index (χ1) is 18.9. The largest absolute Gasteiger partial charge is 0.326 e. The fourth-order valence-corrected chi connectivity index (χ4v) is 5.19. The first-order valence-corrected chi connectivity index (χ1v) is 13.0. The van der Waals surface area contributed by atoms with Crippen LogP contribution in [0.5, 0.6) is 0 Å². The van der Waals surface area contributed by atoms with Crippen LogP contribution in [0.15, 0.2) is 84.0 Å². The van der Waals surface area contributed by atoms with E-state index in [0.29, 0.717) is 46.9 Å². The lowest BCUT2D eigenvalue weighted by Gasteiger charge is -2.18. The van der Waals surface area contributed by atoms with E-state index in [1.807, 2.05) is 36.4 Å². The normalized spacial score (nSPS) is 15.7. The van der Waals surface area contributed by atoms with Crippen molar-refractivity contribution >= 4 is 35.2 Å². The summed E-state index contributed by atoms with van der Waals surface area (Å²) in [6, 6.07) is 21.3. The number of anilines is 1. The predicted molar refractivity (Wildman–Crippen MR) is 151 cm³/mol. The van der Waals surface area contributed by atoms with Crippen molar-refractivity contribution in [3.05, 3.63) is 101 Å². The van der Waals surface area contributed by atoms with E-state index in [4.69, 9.17) is 17.4 Å². The molecule has 2 bridgehead atoms. The van der Waals surface area contributed by atoms with Crippen molar-refractivity contribution in [2.45, 2.75) is 31.6 Å². The van der Waals surface area contributed by atoms with Gasteiger partial charge in [0.05, 0.1) is 17.2 Å². The molecule has 1 aliphatic rings. The van der Waals surface area contributed by atoms with Gasteiger partial charge in [-0.15, -0.1) is 0 Å². The molecule has 7 nitrogen and oxygen atoms in total. The van der Waals surface area contributed by atoms with Gasteiger partial charge in [0.2, 0.25) is 17.8 Å². The van der Waals surface area contributed by atoms with E-state index in [2.05, 4.69) is 15.7 Å². The maximum atomic E-state index is 14.2. The number of fused-ring (bicyclic) bond motifs is 4. The maximum Gasteiger partial charge on any atom is 0.241 e. The minimum absolute atomic E-state index is 0.109. The number of amides is 1. The molecule has 4 aromatic rings. The second kappa shape index (κ2) is 11.6. The topological polar surface area (TPSA) is 104 Å². The quantitative estimate of drug-likeness (QED) is 0.0622. The van der Waals surface area contributed by atoms with Crippen LogP contribution in [0, 0.1) is 5.82 Å². The highest BCUT2D eigenvalue weighted by molar-refractivity contribution is 6.31. The Morgan fingerprint density at radius 1 is 1.05 bits per heavy atom. The lowest BCUT2D eigenvalue weighted by atomic mass is 9.87. The van der Waals surface area contributed by atoms with Crippen LogP contribution in [0.25, 0.3) is 22.3 Å². The number of benzene rings is 3. The molecule has 0 saturated carbocycles. The zero-order valence-corrected chi connectivity index (χ0v) is 21.8. The van der Waals surface area contributed by atoms with Crippen molar-refractivity contribution in [2.24, 2.45) is 10.8 Å². The number of nitrogens with zero attached hydrogens (tertiary/aromatic N) is 2. The van der Waals surface area contributed by atoms with E-state index in [-0.39, 0.29) is 17.6 Å². The number of hydrogen-bond donors (Lipinski definition) is 4. The molecular formula is C30H28ClFN5O2+. The van der Waals surface area contributed by atoms with Crippen LogP contribution in [0.4, 0.5) is 15.8 Å². The third kappa shape index (κ3) is 5.92. The van der Waals surface area contributed by atoms with Crippen molar-refractivity contribution in [2.75, 3.05) is 5.32 Å². The number of aromatic nitrogens is 1. The number of halogens is 2. The molecule has 9 heteroatoms. The summed E-state index contributed by atoms with van der Waals surface area (Å²) in [5.41, 5.74) is 8.10. The van der Waals surface area contributed by atoms with Gasteiger partial charge in [-0.1, -0.05) is 42.3 Å². The summed E-state index contributed by atoms with van der Waals surface area (Å²) in [4.78, 5) is 16.9. The first kappa shape index (κ1) is 26.3. The zero-order valence-electron chi connectivity index (χ0n) is 21.1. The molecule has 0 spiro atoms. The number of carbonyl (C=O) groups excluding carboxylic acids is 1. The second-order valence-electron chi connectivity index (χ2n) is 9.44. The van der Waals surface area contributed by atoms with Gasteiger partial charge in [-0.05, 0) is 66.4 Å². The van der Waals surface area contributed by atoms with Gasteiger partial charge in [0.25, 0.3) is 0 Å². The van der Waals surface area contributed by atoms with Gasteiger partial charge < -0.3 is 10.7 Å². The fourth-order valence-electron chi connectivity index (χ4n) is 5.01. The Bertz CT molecular complexity index is 1560. The highest BCUT2D eigenvalue weighted by Crippen LogP contribution is 2.37. The summed E-state index contributed by atoms with van der Waals surface area (Å²) in [5, 5.41) is 14.7. The summed E-state index contributed by atoms with van der Waals surface area (Å²) in [7, 11) is 0. The molecule has 3 aromatic carbocycles. The van der Waals surface area contributed by atoms with Gasteiger partial charge in [-0.2, -0.15) is 0 Å². The number of hydrazine groups is 1. The highest BCUT2D eigenvalue weighted by atomic mass is 35.5. The van der Waals surface area contributed by atoms with Gasteiger partial charge in [0.15, 0.2) is 0 Å². The summed E-state index contributed by atoms with van der Waals surface area (Å²) >= 11 is 6.26. The van der Waals surface area contributed by atoms with Crippen molar-refractivity contribution in [1.29, 1.82) is 0 Å². The van der Waals surface area contributed by atoms with Crippen molar-refractivity contribution in [3.63, 3.8) is 0 Å². The Kier molecular flexibility index (Phi) is 7.86. The zero-order chi connectivity index (χ0) is 27.4. The molecule has 0 aliphatic carbocycles. The lowest BCUT2D eigenvalue weighted by molar-refractivity contribution is -0.909. The predicted octanol–water partition coefficient (Wildman–Crippen LogP) is 6.11. The van der Waals surface area contributed by atoms with Crippen molar-refractivity contribution in [3.8, 4) is 22.3 Å². The number of nitrogens with two attached hydrogens (primary N) is 1.